The second-order valence-electron chi connectivity index (χ2n) is 5.27. The number of nitrogens with zero attached hydrogens (tertiary/aromatic N) is 2. The molecule has 0 bridgehead atoms. The number of esters is 1. The summed E-state index contributed by atoms with van der Waals surface area (Å²) in [6.07, 6.45) is 0. The van der Waals surface area contributed by atoms with E-state index in [9.17, 15) is 23.3 Å². The normalized spacial score (nSPS) is 11.0. The van der Waals surface area contributed by atoms with Crippen LogP contribution in [0.2, 0.25) is 5.02 Å². The van der Waals surface area contributed by atoms with Crippen molar-refractivity contribution < 1.29 is 22.9 Å². The quantitative estimate of drug-likeness (QED) is 0.420. The maximum Gasteiger partial charge on any atom is 0.326 e. The van der Waals surface area contributed by atoms with E-state index in [-0.39, 0.29) is 21.3 Å². The van der Waals surface area contributed by atoms with Gasteiger partial charge in [-0.05, 0) is 30.7 Å². The van der Waals surface area contributed by atoms with Crippen LogP contribution in [-0.2, 0) is 19.6 Å². The molecule has 2 rings (SSSR count). The maximum absolute atomic E-state index is 13.1. The number of ether oxygens (including phenoxy) is 1. The second kappa shape index (κ2) is 7.71. The maximum atomic E-state index is 13.1. The van der Waals surface area contributed by atoms with Gasteiger partial charge in [-0.2, -0.15) is 0 Å². The van der Waals surface area contributed by atoms with Crippen LogP contribution in [0, 0.1) is 17.0 Å². The van der Waals surface area contributed by atoms with Crippen molar-refractivity contribution in [2.24, 2.45) is 0 Å². The van der Waals surface area contributed by atoms with E-state index >= 15 is 0 Å². The lowest BCUT2D eigenvalue weighted by atomic mass is 10.2. The molecule has 2 aromatic rings. The largest absolute Gasteiger partial charge is 0.468 e. The summed E-state index contributed by atoms with van der Waals surface area (Å²) in [6, 6.07) is 9.40. The van der Waals surface area contributed by atoms with Gasteiger partial charge < -0.3 is 4.74 Å². The zero-order valence-corrected chi connectivity index (χ0v) is 15.5. The van der Waals surface area contributed by atoms with E-state index in [0.717, 1.165) is 17.5 Å². The van der Waals surface area contributed by atoms with E-state index < -0.39 is 27.5 Å². The Morgan fingerprint density at radius 1 is 1.27 bits per heavy atom. The molecule has 0 aliphatic carbocycles. The number of rotatable bonds is 6. The topological polar surface area (TPSA) is 107 Å². The second-order valence-corrected chi connectivity index (χ2v) is 7.54. The number of non-ortho nitro benzene ring substituents is 1. The van der Waals surface area contributed by atoms with Gasteiger partial charge in [0.15, 0.2) is 0 Å². The van der Waals surface area contributed by atoms with Crippen LogP contribution in [0.3, 0.4) is 0 Å². The summed E-state index contributed by atoms with van der Waals surface area (Å²) in [5, 5.41) is 11.3. The van der Waals surface area contributed by atoms with Gasteiger partial charge in [-0.1, -0.05) is 23.7 Å². The summed E-state index contributed by atoms with van der Waals surface area (Å²) in [5.41, 5.74) is 0.0552. The van der Waals surface area contributed by atoms with E-state index in [2.05, 4.69) is 4.74 Å². The van der Waals surface area contributed by atoms with E-state index in [1.165, 1.54) is 37.3 Å². The Hall–Kier alpha value is -2.65. The highest BCUT2D eigenvalue weighted by atomic mass is 35.5. The lowest BCUT2D eigenvalue weighted by molar-refractivity contribution is -0.385. The number of nitro benzene ring substituents is 1. The molecule has 0 aliphatic heterocycles. The Kier molecular flexibility index (Phi) is 5.83. The van der Waals surface area contributed by atoms with Crippen molar-refractivity contribution in [3.05, 3.63) is 63.2 Å². The molecular weight excluding hydrogens is 384 g/mol. The first-order valence-corrected chi connectivity index (χ1v) is 9.09. The fraction of sp³-hybridized carbons (Fsp3) is 0.188. The van der Waals surface area contributed by atoms with Crippen LogP contribution >= 0.6 is 11.6 Å². The fourth-order valence-electron chi connectivity index (χ4n) is 2.23. The van der Waals surface area contributed by atoms with Crippen molar-refractivity contribution >= 4 is 39.0 Å². The first-order chi connectivity index (χ1) is 12.2. The van der Waals surface area contributed by atoms with Crippen molar-refractivity contribution in [3.63, 3.8) is 0 Å². The third kappa shape index (κ3) is 4.12. The predicted octanol–water partition coefficient (Wildman–Crippen LogP) is 2.92. The van der Waals surface area contributed by atoms with Crippen LogP contribution in [0.15, 0.2) is 47.4 Å². The molecule has 0 amide bonds. The monoisotopic (exact) mass is 398 g/mol. The number of carbonyl (C=O) groups excluding carboxylic acids is 1. The molecule has 0 N–H and O–H groups in total. The third-order valence-corrected chi connectivity index (χ3v) is 5.70. The van der Waals surface area contributed by atoms with Crippen LogP contribution in [0.25, 0.3) is 0 Å². The lowest BCUT2D eigenvalue weighted by Gasteiger charge is -2.24. The standard InChI is InChI=1S/C16H15ClN2O6S/c1-11-6-7-14(19(21)22)9-15(11)26(23,24)18(10-16(20)25-2)13-5-3-4-12(17)8-13/h3-9H,10H2,1-2H3. The number of hydrogen-bond acceptors (Lipinski definition) is 6. The van der Waals surface area contributed by atoms with Gasteiger partial charge in [-0.3, -0.25) is 19.2 Å². The number of benzene rings is 2. The highest BCUT2D eigenvalue weighted by molar-refractivity contribution is 7.93. The molecule has 0 saturated carbocycles. The average molecular weight is 399 g/mol. The first kappa shape index (κ1) is 19.7. The van der Waals surface area contributed by atoms with Gasteiger partial charge in [0.25, 0.3) is 15.7 Å². The average Bonchev–Trinajstić information content (AvgIpc) is 2.59. The van der Waals surface area contributed by atoms with E-state index in [0.29, 0.717) is 5.56 Å². The minimum atomic E-state index is -4.29. The predicted molar refractivity (Wildman–Crippen MR) is 95.8 cm³/mol. The number of aryl methyl sites for hydroxylation is 1. The summed E-state index contributed by atoms with van der Waals surface area (Å²) < 4.78 is 31.7. The minimum Gasteiger partial charge on any atom is -0.468 e. The molecule has 0 saturated heterocycles. The highest BCUT2D eigenvalue weighted by Gasteiger charge is 2.30. The third-order valence-electron chi connectivity index (χ3n) is 3.55. The Morgan fingerprint density at radius 3 is 2.54 bits per heavy atom. The smallest absolute Gasteiger partial charge is 0.326 e. The first-order valence-electron chi connectivity index (χ1n) is 7.27. The zero-order chi connectivity index (χ0) is 19.5. The van der Waals surface area contributed by atoms with Crippen LogP contribution in [-0.4, -0.2) is 33.0 Å². The molecule has 0 fully saturated rings. The summed E-state index contributed by atoms with van der Waals surface area (Å²) in [7, 11) is -3.16. The van der Waals surface area contributed by atoms with Crippen LogP contribution in [0.5, 0.6) is 0 Å². The summed E-state index contributed by atoms with van der Waals surface area (Å²) in [4.78, 5) is 21.8. The number of nitro groups is 1. The highest BCUT2D eigenvalue weighted by Crippen LogP contribution is 2.29. The Balaban J connectivity index is 2.64. The number of sulfonamides is 1. The summed E-state index contributed by atoms with van der Waals surface area (Å²) in [5.74, 6) is -0.795. The van der Waals surface area contributed by atoms with Gasteiger partial charge in [0, 0.05) is 17.2 Å². The molecule has 0 atom stereocenters. The van der Waals surface area contributed by atoms with Gasteiger partial charge in [0.05, 0.1) is 22.6 Å². The fourth-order valence-corrected chi connectivity index (χ4v) is 4.06. The molecule has 0 aliphatic rings. The summed E-state index contributed by atoms with van der Waals surface area (Å²) in [6.45, 7) is 0.895. The van der Waals surface area contributed by atoms with Gasteiger partial charge >= 0.3 is 5.97 Å². The molecule has 138 valence electrons. The molecule has 26 heavy (non-hydrogen) atoms. The van der Waals surface area contributed by atoms with Crippen molar-refractivity contribution in [1.29, 1.82) is 0 Å². The molecule has 10 heteroatoms. The number of anilines is 1. The number of methoxy groups -OCH3 is 1. The van der Waals surface area contributed by atoms with Gasteiger partial charge in [-0.15, -0.1) is 0 Å². The Labute approximate surface area is 155 Å². The molecule has 0 spiro atoms. The van der Waals surface area contributed by atoms with Crippen molar-refractivity contribution in [3.8, 4) is 0 Å². The van der Waals surface area contributed by atoms with E-state index in [1.54, 1.807) is 6.07 Å². The van der Waals surface area contributed by atoms with Gasteiger partial charge in [-0.25, -0.2) is 8.42 Å². The van der Waals surface area contributed by atoms with Gasteiger partial charge in [0.2, 0.25) is 0 Å². The molecule has 0 heterocycles. The lowest BCUT2D eigenvalue weighted by Crippen LogP contribution is -2.36. The number of carbonyl (C=O) groups is 1. The summed E-state index contributed by atoms with van der Waals surface area (Å²) >= 11 is 5.93. The van der Waals surface area contributed by atoms with Crippen LogP contribution < -0.4 is 4.31 Å². The Bertz CT molecular complexity index is 961. The molecule has 0 unspecified atom stereocenters. The molecule has 0 aromatic heterocycles. The minimum absolute atomic E-state index is 0.133. The molecule has 2 aromatic carbocycles. The van der Waals surface area contributed by atoms with Gasteiger partial charge in [0.1, 0.15) is 6.54 Å². The molecule has 0 radical (unpaired) electrons. The van der Waals surface area contributed by atoms with Crippen molar-refractivity contribution in [1.82, 2.24) is 0 Å². The van der Waals surface area contributed by atoms with E-state index in [4.69, 9.17) is 11.6 Å². The molecule has 8 nitrogen and oxygen atoms in total. The van der Waals surface area contributed by atoms with Crippen LogP contribution in [0.1, 0.15) is 5.56 Å². The Morgan fingerprint density at radius 2 is 1.96 bits per heavy atom. The van der Waals surface area contributed by atoms with Crippen LogP contribution in [0.4, 0.5) is 11.4 Å². The van der Waals surface area contributed by atoms with E-state index in [1.807, 2.05) is 0 Å². The zero-order valence-electron chi connectivity index (χ0n) is 13.9. The van der Waals surface area contributed by atoms with Crippen molar-refractivity contribution in [2.45, 2.75) is 11.8 Å². The van der Waals surface area contributed by atoms with Crippen molar-refractivity contribution in [2.75, 3.05) is 18.0 Å². The number of halogens is 1. The molecular formula is C16H15ClN2O6S. The SMILES string of the molecule is COC(=O)CN(c1cccc(Cl)c1)S(=O)(=O)c1cc([N+](=O)[O-])ccc1C. The number of hydrogen-bond donors (Lipinski definition) is 0.